The summed E-state index contributed by atoms with van der Waals surface area (Å²) in [5, 5.41) is 0. The Morgan fingerprint density at radius 3 is 3.00 bits per heavy atom. The Bertz CT molecular complexity index is 226. The molecule has 1 fully saturated rings. The quantitative estimate of drug-likeness (QED) is 0.451. The van der Waals surface area contributed by atoms with Crippen LogP contribution in [0.25, 0.3) is 0 Å². The molecular formula is C10H15IO3. The van der Waals surface area contributed by atoms with E-state index in [1.165, 1.54) is 0 Å². The highest BCUT2D eigenvalue weighted by molar-refractivity contribution is 14.1. The molecule has 1 aliphatic rings. The Balaban J connectivity index is 2.27. The van der Waals surface area contributed by atoms with Gasteiger partial charge in [0.15, 0.2) is 9.90 Å². The number of halogens is 1. The highest BCUT2D eigenvalue weighted by Gasteiger charge is 2.35. The molecule has 0 N–H and O–H groups in total. The lowest BCUT2D eigenvalue weighted by Crippen LogP contribution is -2.27. The monoisotopic (exact) mass is 310 g/mol. The van der Waals surface area contributed by atoms with Crippen molar-refractivity contribution in [1.29, 1.82) is 0 Å². The van der Waals surface area contributed by atoms with Gasteiger partial charge in [-0.25, -0.2) is 0 Å². The predicted octanol–water partition coefficient (Wildman–Crippen LogP) is 1.94. The van der Waals surface area contributed by atoms with E-state index in [2.05, 4.69) is 28.5 Å². The maximum Gasteiger partial charge on any atom is 0.169 e. The molecule has 0 aliphatic carbocycles. The Morgan fingerprint density at radius 1 is 1.79 bits per heavy atom. The van der Waals surface area contributed by atoms with Gasteiger partial charge < -0.3 is 14.2 Å². The minimum absolute atomic E-state index is 0.00515. The van der Waals surface area contributed by atoms with Gasteiger partial charge in [-0.15, -0.1) is 6.42 Å². The molecule has 0 aromatic carbocycles. The maximum atomic E-state index is 5.67. The average Bonchev–Trinajstić information content (AvgIpc) is 2.58. The van der Waals surface area contributed by atoms with Crippen molar-refractivity contribution in [2.75, 3.05) is 13.2 Å². The molecule has 3 atom stereocenters. The summed E-state index contributed by atoms with van der Waals surface area (Å²) in [6, 6.07) is 0. The summed E-state index contributed by atoms with van der Waals surface area (Å²) in [5.41, 5.74) is 0. The molecule has 1 rings (SSSR count). The number of rotatable bonds is 4. The smallest absolute Gasteiger partial charge is 0.169 e. The van der Waals surface area contributed by atoms with Crippen LogP contribution in [0.5, 0.6) is 0 Å². The van der Waals surface area contributed by atoms with Crippen molar-refractivity contribution in [3.05, 3.63) is 0 Å². The number of terminal acetylenes is 1. The lowest BCUT2D eigenvalue weighted by molar-refractivity contribution is -0.160. The van der Waals surface area contributed by atoms with Crippen molar-refractivity contribution in [2.24, 2.45) is 0 Å². The van der Waals surface area contributed by atoms with Crippen LogP contribution in [0.15, 0.2) is 0 Å². The van der Waals surface area contributed by atoms with E-state index in [9.17, 15) is 0 Å². The normalized spacial score (nSPS) is 34.0. The number of alkyl halides is 1. The van der Waals surface area contributed by atoms with Crippen LogP contribution in [0.2, 0.25) is 0 Å². The van der Waals surface area contributed by atoms with E-state index in [1.807, 2.05) is 13.8 Å². The van der Waals surface area contributed by atoms with E-state index < -0.39 is 5.79 Å². The van der Waals surface area contributed by atoms with Crippen LogP contribution >= 0.6 is 22.6 Å². The highest BCUT2D eigenvalue weighted by atomic mass is 127. The van der Waals surface area contributed by atoms with Gasteiger partial charge in [0.2, 0.25) is 0 Å². The van der Waals surface area contributed by atoms with Crippen LogP contribution in [0.3, 0.4) is 0 Å². The molecule has 80 valence electrons. The fourth-order valence-corrected chi connectivity index (χ4v) is 1.40. The standard InChI is InChI=1S/C10H15IO3/c1-4-9(11)12-6-8-7-13-10(3,5-2)14-8/h1,8-9H,5-7H2,2-3H3. The van der Waals surface area contributed by atoms with E-state index in [-0.39, 0.29) is 10.2 Å². The first-order valence-electron chi connectivity index (χ1n) is 4.63. The Kier molecular flexibility index (Phi) is 4.64. The molecule has 3 unspecified atom stereocenters. The minimum Gasteiger partial charge on any atom is -0.353 e. The van der Waals surface area contributed by atoms with Crippen LogP contribution in [0, 0.1) is 12.3 Å². The van der Waals surface area contributed by atoms with Crippen LogP contribution in [-0.2, 0) is 14.2 Å². The average molecular weight is 310 g/mol. The summed E-state index contributed by atoms with van der Waals surface area (Å²) in [6.07, 6.45) is 6.03. The third-order valence-electron chi connectivity index (χ3n) is 2.19. The third kappa shape index (κ3) is 3.39. The van der Waals surface area contributed by atoms with E-state index in [4.69, 9.17) is 20.6 Å². The Morgan fingerprint density at radius 2 is 2.50 bits per heavy atom. The van der Waals surface area contributed by atoms with Gasteiger partial charge in [-0.2, -0.15) is 0 Å². The second-order valence-corrected chi connectivity index (χ2v) is 4.49. The zero-order valence-corrected chi connectivity index (χ0v) is 10.6. The van der Waals surface area contributed by atoms with Crippen molar-refractivity contribution in [2.45, 2.75) is 36.3 Å². The van der Waals surface area contributed by atoms with Crippen LogP contribution in [0.1, 0.15) is 20.3 Å². The van der Waals surface area contributed by atoms with E-state index >= 15 is 0 Å². The molecule has 0 amide bonds. The van der Waals surface area contributed by atoms with Crippen LogP contribution in [0.4, 0.5) is 0 Å². The fourth-order valence-electron chi connectivity index (χ4n) is 1.20. The molecule has 0 aromatic heterocycles. The maximum absolute atomic E-state index is 5.67. The van der Waals surface area contributed by atoms with Gasteiger partial charge in [-0.3, -0.25) is 0 Å². The molecule has 1 saturated heterocycles. The third-order valence-corrected chi connectivity index (χ3v) is 2.91. The summed E-state index contributed by atoms with van der Waals surface area (Å²) in [7, 11) is 0. The molecular weight excluding hydrogens is 295 g/mol. The predicted molar refractivity (Wildman–Crippen MR) is 62.1 cm³/mol. The largest absolute Gasteiger partial charge is 0.353 e. The molecule has 1 aliphatic heterocycles. The fraction of sp³-hybridized carbons (Fsp3) is 0.800. The first-order chi connectivity index (χ1) is 6.59. The molecule has 14 heavy (non-hydrogen) atoms. The van der Waals surface area contributed by atoms with Crippen LogP contribution in [-0.4, -0.2) is 29.2 Å². The molecule has 3 nitrogen and oxygen atoms in total. The summed E-state index contributed by atoms with van der Waals surface area (Å²) in [4.78, 5) is 0. The van der Waals surface area contributed by atoms with Crippen molar-refractivity contribution >= 4 is 22.6 Å². The van der Waals surface area contributed by atoms with Gasteiger partial charge in [-0.05, 0) is 35.9 Å². The van der Waals surface area contributed by atoms with Gasteiger partial charge in [0.05, 0.1) is 13.2 Å². The zero-order chi connectivity index (χ0) is 10.6. The molecule has 4 heteroatoms. The van der Waals surface area contributed by atoms with Crippen molar-refractivity contribution < 1.29 is 14.2 Å². The number of hydrogen-bond donors (Lipinski definition) is 0. The Labute approximate surface area is 98.6 Å². The summed E-state index contributed by atoms with van der Waals surface area (Å²) in [5.74, 6) is 2.05. The van der Waals surface area contributed by atoms with E-state index in [0.29, 0.717) is 13.2 Å². The summed E-state index contributed by atoms with van der Waals surface area (Å²) >= 11 is 2.06. The van der Waals surface area contributed by atoms with Crippen molar-refractivity contribution in [1.82, 2.24) is 0 Å². The van der Waals surface area contributed by atoms with E-state index in [0.717, 1.165) is 6.42 Å². The van der Waals surface area contributed by atoms with Gasteiger partial charge in [0, 0.05) is 0 Å². The van der Waals surface area contributed by atoms with Gasteiger partial charge >= 0.3 is 0 Å². The molecule has 0 aromatic rings. The molecule has 0 bridgehead atoms. The van der Waals surface area contributed by atoms with Crippen LogP contribution < -0.4 is 0 Å². The minimum atomic E-state index is -0.440. The van der Waals surface area contributed by atoms with Gasteiger partial charge in [-0.1, -0.05) is 12.8 Å². The van der Waals surface area contributed by atoms with Crippen molar-refractivity contribution in [3.8, 4) is 12.3 Å². The topological polar surface area (TPSA) is 27.7 Å². The van der Waals surface area contributed by atoms with E-state index in [1.54, 1.807) is 0 Å². The molecule has 1 heterocycles. The number of hydrogen-bond acceptors (Lipinski definition) is 3. The Hall–Kier alpha value is 0.170. The molecule has 0 saturated carbocycles. The lowest BCUT2D eigenvalue weighted by Gasteiger charge is -2.21. The van der Waals surface area contributed by atoms with Gasteiger partial charge in [0.1, 0.15) is 6.10 Å². The second-order valence-electron chi connectivity index (χ2n) is 3.35. The molecule has 0 spiro atoms. The first kappa shape index (κ1) is 12.2. The summed E-state index contributed by atoms with van der Waals surface area (Å²) in [6.45, 7) is 5.05. The van der Waals surface area contributed by atoms with Gasteiger partial charge in [0.25, 0.3) is 0 Å². The lowest BCUT2D eigenvalue weighted by atomic mass is 10.2. The first-order valence-corrected chi connectivity index (χ1v) is 5.88. The number of ether oxygens (including phenoxy) is 3. The zero-order valence-electron chi connectivity index (χ0n) is 8.46. The second kappa shape index (κ2) is 5.31. The summed E-state index contributed by atoms with van der Waals surface area (Å²) < 4.78 is 16.4. The van der Waals surface area contributed by atoms with Crippen molar-refractivity contribution in [3.63, 3.8) is 0 Å². The SMILES string of the molecule is C#CC(I)OCC1COC(C)(CC)O1. The molecule has 0 radical (unpaired) electrons. The highest BCUT2D eigenvalue weighted by Crippen LogP contribution is 2.26.